The Morgan fingerprint density at radius 1 is 1.58 bits per heavy atom. The normalized spacial score (nSPS) is 9.92. The predicted molar refractivity (Wildman–Crippen MR) is 46.2 cm³/mol. The molecule has 0 atom stereocenters. The summed E-state index contributed by atoms with van der Waals surface area (Å²) in [6.45, 7) is 1.85. The topological polar surface area (TPSA) is 17.1 Å². The fourth-order valence-electron chi connectivity index (χ4n) is 1.06. The van der Waals surface area contributed by atoms with Gasteiger partial charge in [0.15, 0.2) is 6.29 Å². The van der Waals surface area contributed by atoms with Crippen molar-refractivity contribution in [3.8, 4) is 0 Å². The van der Waals surface area contributed by atoms with Gasteiger partial charge in [0.1, 0.15) is 5.82 Å². The molecule has 1 rings (SSSR count). The Labute approximate surface area is 75.2 Å². The lowest BCUT2D eigenvalue weighted by molar-refractivity contribution is 0.111. The molecule has 0 unspecified atom stereocenters. The second-order valence-electron chi connectivity index (χ2n) is 2.43. The minimum atomic E-state index is -0.547. The van der Waals surface area contributed by atoms with Gasteiger partial charge >= 0.3 is 0 Å². The first-order valence-corrected chi connectivity index (χ1v) is 4.00. The summed E-state index contributed by atoms with van der Waals surface area (Å²) in [7, 11) is 0. The average Bonchev–Trinajstić information content (AvgIpc) is 2.03. The number of hydrogen-bond donors (Lipinski definition) is 0. The van der Waals surface area contributed by atoms with Crippen LogP contribution in [0, 0.1) is 5.82 Å². The van der Waals surface area contributed by atoms with Crippen molar-refractivity contribution in [2.75, 3.05) is 0 Å². The summed E-state index contributed by atoms with van der Waals surface area (Å²) in [5.41, 5.74) is 0.761. The van der Waals surface area contributed by atoms with Crippen molar-refractivity contribution in [1.82, 2.24) is 0 Å². The molecule has 1 aromatic rings. The summed E-state index contributed by atoms with van der Waals surface area (Å²) in [5, 5.41) is 0.329. The van der Waals surface area contributed by atoms with E-state index in [0.717, 1.165) is 6.07 Å². The Kier molecular flexibility index (Phi) is 2.82. The van der Waals surface area contributed by atoms with Crippen LogP contribution in [-0.4, -0.2) is 6.29 Å². The Hall–Kier alpha value is -0.890. The van der Waals surface area contributed by atoms with E-state index >= 15 is 0 Å². The number of hydrogen-bond acceptors (Lipinski definition) is 1. The lowest BCUT2D eigenvalue weighted by Gasteiger charge is -2.02. The van der Waals surface area contributed by atoms with Gasteiger partial charge in [-0.05, 0) is 24.1 Å². The number of carbonyl (C=O) groups excluding carboxylic acids is 1. The van der Waals surface area contributed by atoms with Gasteiger partial charge in [-0.25, -0.2) is 4.39 Å². The maximum atomic E-state index is 13.0. The van der Waals surface area contributed by atoms with Crippen LogP contribution in [0.4, 0.5) is 4.39 Å². The minimum absolute atomic E-state index is 0.113. The van der Waals surface area contributed by atoms with Crippen molar-refractivity contribution in [3.05, 3.63) is 34.1 Å². The standard InChI is InChI=1S/C9H8ClFO/c1-2-6-3-7(10)4-9(11)8(6)5-12/h3-5H,2H2,1H3. The van der Waals surface area contributed by atoms with E-state index in [9.17, 15) is 9.18 Å². The highest BCUT2D eigenvalue weighted by Crippen LogP contribution is 2.18. The van der Waals surface area contributed by atoms with Gasteiger partial charge in [-0.15, -0.1) is 0 Å². The van der Waals surface area contributed by atoms with Crippen molar-refractivity contribution >= 4 is 17.9 Å². The van der Waals surface area contributed by atoms with Crippen LogP contribution in [0.2, 0.25) is 5.02 Å². The first kappa shape index (κ1) is 9.20. The summed E-state index contributed by atoms with van der Waals surface area (Å²) in [5.74, 6) is -0.547. The van der Waals surface area contributed by atoms with Gasteiger partial charge in [0.2, 0.25) is 0 Å². The molecule has 0 bridgehead atoms. The number of benzene rings is 1. The van der Waals surface area contributed by atoms with E-state index in [0.29, 0.717) is 23.3 Å². The van der Waals surface area contributed by atoms with Crippen LogP contribution < -0.4 is 0 Å². The zero-order valence-electron chi connectivity index (χ0n) is 6.60. The lowest BCUT2D eigenvalue weighted by atomic mass is 10.1. The van der Waals surface area contributed by atoms with E-state index < -0.39 is 5.82 Å². The van der Waals surface area contributed by atoms with E-state index in [2.05, 4.69) is 0 Å². The molecule has 0 aromatic heterocycles. The molecule has 1 aromatic carbocycles. The van der Waals surface area contributed by atoms with Crippen molar-refractivity contribution in [2.24, 2.45) is 0 Å². The SMILES string of the molecule is CCc1cc(Cl)cc(F)c1C=O. The zero-order valence-corrected chi connectivity index (χ0v) is 7.36. The van der Waals surface area contributed by atoms with Crippen molar-refractivity contribution in [1.29, 1.82) is 0 Å². The van der Waals surface area contributed by atoms with Gasteiger partial charge in [0.25, 0.3) is 0 Å². The molecule has 0 aliphatic heterocycles. The van der Waals surface area contributed by atoms with Gasteiger partial charge in [-0.2, -0.15) is 0 Å². The van der Waals surface area contributed by atoms with Crippen molar-refractivity contribution in [2.45, 2.75) is 13.3 Å². The smallest absolute Gasteiger partial charge is 0.153 e. The first-order chi connectivity index (χ1) is 5.69. The molecule has 3 heteroatoms. The number of aryl methyl sites for hydroxylation is 1. The average molecular weight is 187 g/mol. The summed E-state index contributed by atoms with van der Waals surface area (Å²) in [6, 6.07) is 2.75. The zero-order chi connectivity index (χ0) is 9.14. The van der Waals surface area contributed by atoms with E-state index in [1.54, 1.807) is 6.07 Å². The van der Waals surface area contributed by atoms with Gasteiger partial charge < -0.3 is 0 Å². The fraction of sp³-hybridized carbons (Fsp3) is 0.222. The Morgan fingerprint density at radius 3 is 2.75 bits per heavy atom. The molecule has 0 radical (unpaired) electrons. The molecule has 0 N–H and O–H groups in total. The molecule has 0 saturated heterocycles. The molecular weight excluding hydrogens is 179 g/mol. The van der Waals surface area contributed by atoms with Crippen LogP contribution in [0.3, 0.4) is 0 Å². The monoisotopic (exact) mass is 186 g/mol. The van der Waals surface area contributed by atoms with Gasteiger partial charge in [0.05, 0.1) is 5.56 Å². The lowest BCUT2D eigenvalue weighted by Crippen LogP contribution is -1.95. The minimum Gasteiger partial charge on any atom is -0.298 e. The molecule has 0 saturated carbocycles. The molecule has 0 heterocycles. The third-order valence-corrected chi connectivity index (χ3v) is 1.90. The van der Waals surface area contributed by atoms with Crippen LogP contribution in [-0.2, 0) is 6.42 Å². The molecular formula is C9H8ClFO. The molecule has 64 valence electrons. The second kappa shape index (κ2) is 3.68. The van der Waals surface area contributed by atoms with Gasteiger partial charge in [-0.3, -0.25) is 4.79 Å². The molecule has 0 aliphatic rings. The van der Waals surface area contributed by atoms with Crippen LogP contribution >= 0.6 is 11.6 Å². The highest BCUT2D eigenvalue weighted by Gasteiger charge is 2.07. The van der Waals surface area contributed by atoms with E-state index in [-0.39, 0.29) is 5.56 Å². The van der Waals surface area contributed by atoms with Gasteiger partial charge in [0, 0.05) is 5.02 Å². The van der Waals surface area contributed by atoms with Gasteiger partial charge in [-0.1, -0.05) is 18.5 Å². The third-order valence-electron chi connectivity index (χ3n) is 1.68. The summed E-state index contributed by atoms with van der Waals surface area (Å²) in [4.78, 5) is 10.4. The predicted octanol–water partition coefficient (Wildman–Crippen LogP) is 2.85. The number of halogens is 2. The Morgan fingerprint density at radius 2 is 2.25 bits per heavy atom. The molecule has 0 aliphatic carbocycles. The van der Waals surface area contributed by atoms with Crippen LogP contribution in [0.15, 0.2) is 12.1 Å². The number of aldehydes is 1. The van der Waals surface area contributed by atoms with E-state index in [4.69, 9.17) is 11.6 Å². The highest BCUT2D eigenvalue weighted by molar-refractivity contribution is 6.30. The van der Waals surface area contributed by atoms with Crippen molar-refractivity contribution < 1.29 is 9.18 Å². The maximum absolute atomic E-state index is 13.0. The molecule has 0 spiro atoms. The van der Waals surface area contributed by atoms with E-state index in [1.165, 1.54) is 0 Å². The fourth-order valence-corrected chi connectivity index (χ4v) is 1.29. The Bertz CT molecular complexity index is 310. The second-order valence-corrected chi connectivity index (χ2v) is 2.87. The number of carbonyl (C=O) groups is 1. The first-order valence-electron chi connectivity index (χ1n) is 3.62. The van der Waals surface area contributed by atoms with Crippen molar-refractivity contribution in [3.63, 3.8) is 0 Å². The van der Waals surface area contributed by atoms with Crippen LogP contribution in [0.25, 0.3) is 0 Å². The summed E-state index contributed by atoms with van der Waals surface area (Å²) in [6.07, 6.45) is 1.12. The largest absolute Gasteiger partial charge is 0.298 e. The molecule has 12 heavy (non-hydrogen) atoms. The summed E-state index contributed by atoms with van der Waals surface area (Å²) < 4.78 is 13.0. The third kappa shape index (κ3) is 1.64. The maximum Gasteiger partial charge on any atom is 0.153 e. The van der Waals surface area contributed by atoms with Crippen LogP contribution in [0.1, 0.15) is 22.8 Å². The van der Waals surface area contributed by atoms with E-state index in [1.807, 2.05) is 6.92 Å². The molecule has 0 amide bonds. The number of rotatable bonds is 2. The molecule has 0 fully saturated rings. The quantitative estimate of drug-likeness (QED) is 0.650. The molecule has 1 nitrogen and oxygen atoms in total. The highest BCUT2D eigenvalue weighted by atomic mass is 35.5. The summed E-state index contributed by atoms with van der Waals surface area (Å²) >= 11 is 5.60. The Balaban J connectivity index is 3.33. The van der Waals surface area contributed by atoms with Crippen LogP contribution in [0.5, 0.6) is 0 Å².